The molecule has 1 saturated carbocycles. The van der Waals surface area contributed by atoms with Gasteiger partial charge in [0.15, 0.2) is 0 Å². The molecule has 0 N–H and O–H groups in total. The van der Waals surface area contributed by atoms with Crippen molar-refractivity contribution < 1.29 is 9.59 Å². The third-order valence-electron chi connectivity index (χ3n) is 4.81. The first-order valence-corrected chi connectivity index (χ1v) is 7.97. The summed E-state index contributed by atoms with van der Waals surface area (Å²) in [6.07, 6.45) is 5.16. The number of likely N-dealkylation sites (tertiary alicyclic amines) is 1. The number of rotatable bonds is 2. The molecule has 0 spiro atoms. The molecule has 2 aliphatic heterocycles. The van der Waals surface area contributed by atoms with Gasteiger partial charge in [0.05, 0.1) is 0 Å². The molecule has 4 nitrogen and oxygen atoms in total. The third-order valence-corrected chi connectivity index (χ3v) is 4.81. The summed E-state index contributed by atoms with van der Waals surface area (Å²) in [5.41, 5.74) is 2.89. The average Bonchev–Trinajstić information content (AvgIpc) is 3.05. The van der Waals surface area contributed by atoms with E-state index >= 15 is 0 Å². The monoisotopic (exact) mass is 284 g/mol. The van der Waals surface area contributed by atoms with Crippen molar-refractivity contribution in [3.8, 4) is 0 Å². The number of hydrogen-bond acceptors (Lipinski definition) is 2. The van der Waals surface area contributed by atoms with E-state index < -0.39 is 0 Å². The smallest absolute Gasteiger partial charge is 0.253 e. The maximum atomic E-state index is 12.5. The Labute approximate surface area is 124 Å². The van der Waals surface area contributed by atoms with Crippen molar-refractivity contribution >= 4 is 17.5 Å². The minimum atomic E-state index is 0.112. The van der Waals surface area contributed by atoms with Gasteiger partial charge in [-0.2, -0.15) is 0 Å². The van der Waals surface area contributed by atoms with Gasteiger partial charge in [-0.3, -0.25) is 9.59 Å². The first-order chi connectivity index (χ1) is 10.2. The highest BCUT2D eigenvalue weighted by Gasteiger charge is 2.36. The number of benzene rings is 1. The van der Waals surface area contributed by atoms with E-state index in [0.717, 1.165) is 63.0 Å². The predicted octanol–water partition coefficient (Wildman–Crippen LogP) is 2.22. The van der Waals surface area contributed by atoms with Crippen molar-refractivity contribution in [2.45, 2.75) is 32.1 Å². The fourth-order valence-electron chi connectivity index (χ4n) is 3.39. The predicted molar refractivity (Wildman–Crippen MR) is 80.4 cm³/mol. The summed E-state index contributed by atoms with van der Waals surface area (Å²) in [7, 11) is 0. The van der Waals surface area contributed by atoms with Crippen LogP contribution in [0.5, 0.6) is 0 Å². The Kier molecular flexibility index (Phi) is 2.98. The van der Waals surface area contributed by atoms with Crippen LogP contribution in [0.15, 0.2) is 18.2 Å². The molecule has 3 aliphatic rings. The maximum absolute atomic E-state index is 12.5. The summed E-state index contributed by atoms with van der Waals surface area (Å²) in [4.78, 5) is 28.6. The molecular formula is C17H20N2O2. The summed E-state index contributed by atoms with van der Waals surface area (Å²) in [5, 5.41) is 0. The summed E-state index contributed by atoms with van der Waals surface area (Å²) < 4.78 is 0. The van der Waals surface area contributed by atoms with Crippen LogP contribution in [-0.4, -0.2) is 36.3 Å². The van der Waals surface area contributed by atoms with Crippen molar-refractivity contribution in [1.29, 1.82) is 0 Å². The first kappa shape index (κ1) is 12.9. The highest BCUT2D eigenvalue weighted by Crippen LogP contribution is 2.37. The maximum Gasteiger partial charge on any atom is 0.253 e. The van der Waals surface area contributed by atoms with Crippen molar-refractivity contribution in [1.82, 2.24) is 4.90 Å². The molecule has 4 heteroatoms. The fourth-order valence-corrected chi connectivity index (χ4v) is 3.39. The highest BCUT2D eigenvalue weighted by atomic mass is 16.2. The van der Waals surface area contributed by atoms with E-state index in [4.69, 9.17) is 0 Å². The van der Waals surface area contributed by atoms with Crippen molar-refractivity contribution in [2.75, 3.05) is 24.5 Å². The molecule has 1 saturated heterocycles. The van der Waals surface area contributed by atoms with Gasteiger partial charge in [0, 0.05) is 36.8 Å². The molecule has 0 bridgehead atoms. The standard InChI is InChI=1S/C17H20N2O2/c20-16(18-8-1-2-9-18)14-6-3-12-7-10-19(15(12)11-14)17(21)13-4-5-13/h3,6,11,13H,1-2,4-5,7-10H2. The molecule has 0 aromatic heterocycles. The molecule has 2 fully saturated rings. The normalized spacial score (nSPS) is 20.8. The topological polar surface area (TPSA) is 40.6 Å². The van der Waals surface area contributed by atoms with Gasteiger partial charge in [-0.15, -0.1) is 0 Å². The van der Waals surface area contributed by atoms with Gasteiger partial charge in [0.1, 0.15) is 0 Å². The fraction of sp³-hybridized carbons (Fsp3) is 0.529. The summed E-state index contributed by atoms with van der Waals surface area (Å²) in [6.45, 7) is 2.49. The van der Waals surface area contributed by atoms with Crippen molar-refractivity contribution in [3.63, 3.8) is 0 Å². The minimum Gasteiger partial charge on any atom is -0.339 e. The summed E-state index contributed by atoms with van der Waals surface area (Å²) >= 11 is 0. The first-order valence-electron chi connectivity index (χ1n) is 7.97. The molecule has 2 amide bonds. The van der Waals surface area contributed by atoms with Gasteiger partial charge < -0.3 is 9.80 Å². The Bertz CT molecular complexity index is 601. The number of carbonyl (C=O) groups excluding carboxylic acids is 2. The SMILES string of the molecule is O=C(c1ccc2c(c1)N(C(=O)C1CC1)CC2)N1CCCC1. The molecule has 1 aliphatic carbocycles. The van der Waals surface area contributed by atoms with Gasteiger partial charge in [-0.1, -0.05) is 6.07 Å². The van der Waals surface area contributed by atoms with E-state index in [1.165, 1.54) is 5.56 Å². The van der Waals surface area contributed by atoms with Gasteiger partial charge in [0.2, 0.25) is 5.91 Å². The number of anilines is 1. The molecule has 1 aromatic carbocycles. The largest absolute Gasteiger partial charge is 0.339 e. The van der Waals surface area contributed by atoms with E-state index in [0.29, 0.717) is 0 Å². The lowest BCUT2D eigenvalue weighted by Crippen LogP contribution is -2.31. The molecule has 0 atom stereocenters. The van der Waals surface area contributed by atoms with Gasteiger partial charge >= 0.3 is 0 Å². The zero-order chi connectivity index (χ0) is 14.4. The number of fused-ring (bicyclic) bond motifs is 1. The van der Waals surface area contributed by atoms with Gasteiger partial charge in [-0.25, -0.2) is 0 Å². The molecule has 0 unspecified atom stereocenters. The quantitative estimate of drug-likeness (QED) is 0.835. The highest BCUT2D eigenvalue weighted by molar-refractivity contribution is 6.01. The van der Waals surface area contributed by atoms with Crippen LogP contribution in [0, 0.1) is 5.92 Å². The Morgan fingerprint density at radius 1 is 1.05 bits per heavy atom. The van der Waals surface area contributed by atoms with Crippen LogP contribution in [0.1, 0.15) is 41.6 Å². The second-order valence-electron chi connectivity index (χ2n) is 6.36. The minimum absolute atomic E-state index is 0.112. The van der Waals surface area contributed by atoms with Crippen LogP contribution < -0.4 is 4.90 Å². The average molecular weight is 284 g/mol. The Morgan fingerprint density at radius 2 is 1.81 bits per heavy atom. The lowest BCUT2D eigenvalue weighted by Gasteiger charge is -2.19. The van der Waals surface area contributed by atoms with Crippen LogP contribution in [0.4, 0.5) is 5.69 Å². The molecule has 21 heavy (non-hydrogen) atoms. The van der Waals surface area contributed by atoms with Gasteiger partial charge in [0.25, 0.3) is 5.91 Å². The number of carbonyl (C=O) groups is 2. The van der Waals surface area contributed by atoms with E-state index in [1.54, 1.807) is 0 Å². The molecule has 4 rings (SSSR count). The van der Waals surface area contributed by atoms with Crippen LogP contribution in [0.3, 0.4) is 0 Å². The second kappa shape index (κ2) is 4.86. The number of hydrogen-bond donors (Lipinski definition) is 0. The summed E-state index contributed by atoms with van der Waals surface area (Å²) in [5.74, 6) is 0.592. The zero-order valence-electron chi connectivity index (χ0n) is 12.2. The molecule has 1 aromatic rings. The van der Waals surface area contributed by atoms with E-state index in [2.05, 4.69) is 0 Å². The Balaban J connectivity index is 1.61. The van der Waals surface area contributed by atoms with Crippen LogP contribution in [0.25, 0.3) is 0 Å². The molecule has 0 radical (unpaired) electrons. The van der Waals surface area contributed by atoms with Crippen LogP contribution in [-0.2, 0) is 11.2 Å². The zero-order valence-corrected chi connectivity index (χ0v) is 12.2. The molecule has 2 heterocycles. The van der Waals surface area contributed by atoms with Crippen molar-refractivity contribution in [3.05, 3.63) is 29.3 Å². The number of nitrogens with zero attached hydrogens (tertiary/aromatic N) is 2. The van der Waals surface area contributed by atoms with Gasteiger partial charge in [-0.05, 0) is 49.8 Å². The molecule has 110 valence electrons. The lowest BCUT2D eigenvalue weighted by molar-refractivity contribution is -0.119. The lowest BCUT2D eigenvalue weighted by atomic mass is 10.1. The Morgan fingerprint density at radius 3 is 2.52 bits per heavy atom. The molecular weight excluding hydrogens is 264 g/mol. The van der Waals surface area contributed by atoms with E-state index in [-0.39, 0.29) is 17.7 Å². The number of amides is 2. The third kappa shape index (κ3) is 2.23. The van der Waals surface area contributed by atoms with E-state index in [9.17, 15) is 9.59 Å². The van der Waals surface area contributed by atoms with Crippen molar-refractivity contribution in [2.24, 2.45) is 5.92 Å². The van der Waals surface area contributed by atoms with E-state index in [1.807, 2.05) is 28.0 Å². The van der Waals surface area contributed by atoms with Crippen LogP contribution >= 0.6 is 0 Å². The summed E-state index contributed by atoms with van der Waals surface area (Å²) in [6, 6.07) is 5.88. The second-order valence-corrected chi connectivity index (χ2v) is 6.36. The van der Waals surface area contributed by atoms with Crippen LogP contribution in [0.2, 0.25) is 0 Å². The Hall–Kier alpha value is -1.84.